The van der Waals surface area contributed by atoms with E-state index in [1.807, 2.05) is 18.2 Å². The second-order valence-electron chi connectivity index (χ2n) is 5.15. The molecule has 130 valence electrons. The fourth-order valence-corrected chi connectivity index (χ4v) is 2.83. The van der Waals surface area contributed by atoms with Crippen LogP contribution in [-0.2, 0) is 0 Å². The average Bonchev–Trinajstić information content (AvgIpc) is 3.05. The Morgan fingerprint density at radius 3 is 2.69 bits per heavy atom. The third kappa shape index (κ3) is 3.99. The highest BCUT2D eigenvalue weighted by Crippen LogP contribution is 2.33. The van der Waals surface area contributed by atoms with Gasteiger partial charge in [0.1, 0.15) is 12.2 Å². The van der Waals surface area contributed by atoms with E-state index in [-0.39, 0.29) is 22.4 Å². The second kappa shape index (κ2) is 7.96. The van der Waals surface area contributed by atoms with Gasteiger partial charge in [0.15, 0.2) is 11.5 Å². The van der Waals surface area contributed by atoms with Crippen LogP contribution >= 0.6 is 23.2 Å². The third-order valence-corrected chi connectivity index (χ3v) is 3.91. The number of furan rings is 1. The number of carbonyl (C=O) groups is 1. The zero-order valence-electron chi connectivity index (χ0n) is 13.3. The lowest BCUT2D eigenvalue weighted by Crippen LogP contribution is -2.16. The Bertz CT molecular complexity index is 979. The van der Waals surface area contributed by atoms with Gasteiger partial charge in [-0.1, -0.05) is 47.3 Å². The molecule has 1 N–H and O–H groups in total. The number of benzene rings is 2. The van der Waals surface area contributed by atoms with Crippen molar-refractivity contribution in [3.63, 3.8) is 0 Å². The Morgan fingerprint density at radius 1 is 1.27 bits per heavy atom. The van der Waals surface area contributed by atoms with Gasteiger partial charge >= 0.3 is 5.91 Å². The van der Waals surface area contributed by atoms with Gasteiger partial charge in [-0.2, -0.15) is 5.10 Å². The molecule has 1 heterocycles. The molecule has 0 aliphatic rings. The van der Waals surface area contributed by atoms with Crippen LogP contribution in [0, 0.1) is 12.3 Å². The van der Waals surface area contributed by atoms with Crippen LogP contribution in [0.2, 0.25) is 10.0 Å². The van der Waals surface area contributed by atoms with Gasteiger partial charge in [-0.05, 0) is 29.8 Å². The minimum Gasteiger partial charge on any atom is -0.478 e. The summed E-state index contributed by atoms with van der Waals surface area (Å²) in [5.41, 5.74) is 3.60. The second-order valence-corrected chi connectivity index (χ2v) is 5.97. The van der Waals surface area contributed by atoms with E-state index in [2.05, 4.69) is 16.4 Å². The molecule has 3 aromatic rings. The predicted octanol–water partition coefficient (Wildman–Crippen LogP) is 4.52. The normalized spacial score (nSPS) is 10.8. The van der Waals surface area contributed by atoms with Crippen LogP contribution in [0.1, 0.15) is 16.1 Å². The van der Waals surface area contributed by atoms with Gasteiger partial charge in [-0.3, -0.25) is 4.79 Å². The first kappa shape index (κ1) is 17.9. The van der Waals surface area contributed by atoms with Crippen LogP contribution in [0.3, 0.4) is 0 Å². The summed E-state index contributed by atoms with van der Waals surface area (Å²) >= 11 is 12.2. The molecule has 0 saturated carbocycles. The number of hydrazone groups is 1. The van der Waals surface area contributed by atoms with Crippen molar-refractivity contribution in [1.82, 2.24) is 5.43 Å². The molecule has 0 aliphatic carbocycles. The van der Waals surface area contributed by atoms with Crippen LogP contribution in [0.25, 0.3) is 11.0 Å². The number of fused-ring (bicyclic) bond motifs is 1. The summed E-state index contributed by atoms with van der Waals surface area (Å²) in [4.78, 5) is 12.1. The maximum Gasteiger partial charge on any atom is 0.307 e. The van der Waals surface area contributed by atoms with Crippen LogP contribution in [0.15, 0.2) is 52.0 Å². The van der Waals surface area contributed by atoms with Crippen molar-refractivity contribution in [2.75, 3.05) is 6.61 Å². The number of para-hydroxylation sites is 1. The number of hydrogen-bond acceptors (Lipinski definition) is 4. The van der Waals surface area contributed by atoms with E-state index >= 15 is 0 Å². The summed E-state index contributed by atoms with van der Waals surface area (Å²) < 4.78 is 10.7. The van der Waals surface area contributed by atoms with E-state index in [0.717, 1.165) is 5.39 Å². The summed E-state index contributed by atoms with van der Waals surface area (Å²) in [7, 11) is 0. The van der Waals surface area contributed by atoms with Gasteiger partial charge in [0.25, 0.3) is 0 Å². The molecule has 0 radical (unpaired) electrons. The maximum atomic E-state index is 12.1. The summed E-state index contributed by atoms with van der Waals surface area (Å²) in [6.45, 7) is 0.0560. The van der Waals surface area contributed by atoms with Crippen molar-refractivity contribution in [3.8, 4) is 18.1 Å². The van der Waals surface area contributed by atoms with Crippen molar-refractivity contribution in [2.45, 2.75) is 0 Å². The number of amides is 1. The number of nitrogens with one attached hydrogen (secondary N) is 1. The number of ether oxygens (including phenoxy) is 1. The van der Waals surface area contributed by atoms with Crippen molar-refractivity contribution < 1.29 is 13.9 Å². The Balaban J connectivity index is 1.70. The number of carbonyl (C=O) groups excluding carboxylic acids is 1. The Kier molecular flexibility index (Phi) is 5.47. The van der Waals surface area contributed by atoms with Crippen molar-refractivity contribution in [2.24, 2.45) is 5.10 Å². The van der Waals surface area contributed by atoms with Crippen molar-refractivity contribution in [1.29, 1.82) is 0 Å². The molecule has 0 fully saturated rings. The lowest BCUT2D eigenvalue weighted by atomic mass is 10.2. The zero-order chi connectivity index (χ0) is 18.5. The van der Waals surface area contributed by atoms with Gasteiger partial charge in [0.2, 0.25) is 0 Å². The highest BCUT2D eigenvalue weighted by molar-refractivity contribution is 6.37. The molecule has 0 spiro atoms. The number of hydrogen-bond donors (Lipinski definition) is 1. The first-order chi connectivity index (χ1) is 12.6. The van der Waals surface area contributed by atoms with Gasteiger partial charge in [-0.25, -0.2) is 5.43 Å². The zero-order valence-corrected chi connectivity index (χ0v) is 14.8. The summed E-state index contributed by atoms with van der Waals surface area (Å²) in [6, 6.07) is 12.2. The molecule has 5 nitrogen and oxygen atoms in total. The minimum atomic E-state index is -0.469. The molecule has 1 aromatic heterocycles. The molecule has 0 atom stereocenters. The van der Waals surface area contributed by atoms with E-state index in [1.165, 1.54) is 6.21 Å². The van der Waals surface area contributed by atoms with E-state index in [1.54, 1.807) is 24.3 Å². The number of nitrogens with zero attached hydrogens (tertiary/aromatic N) is 1. The SMILES string of the molecule is C#CCOc1c(Cl)cc(C=NNC(=O)c2cc3ccccc3o2)cc1Cl. The Hall–Kier alpha value is -2.94. The molecule has 3 rings (SSSR count). The fraction of sp³-hybridized carbons (Fsp3) is 0.0526. The van der Waals surface area contributed by atoms with Gasteiger partial charge < -0.3 is 9.15 Å². The molecule has 26 heavy (non-hydrogen) atoms. The fourth-order valence-electron chi connectivity index (χ4n) is 2.22. The molecule has 2 aromatic carbocycles. The number of terminal acetylenes is 1. The first-order valence-electron chi connectivity index (χ1n) is 7.46. The Morgan fingerprint density at radius 2 is 2.00 bits per heavy atom. The van der Waals surface area contributed by atoms with E-state index < -0.39 is 5.91 Å². The summed E-state index contributed by atoms with van der Waals surface area (Å²) in [5, 5.41) is 5.30. The summed E-state index contributed by atoms with van der Waals surface area (Å²) in [5.74, 6) is 2.33. The topological polar surface area (TPSA) is 63.8 Å². The molecular weight excluding hydrogens is 375 g/mol. The van der Waals surface area contributed by atoms with Crippen LogP contribution in [0.5, 0.6) is 5.75 Å². The standard InChI is InChI=1S/C19H12Cl2N2O3/c1-2-7-25-18-14(20)8-12(9-15(18)21)11-22-23-19(24)17-10-13-5-3-4-6-16(13)26-17/h1,3-6,8-11H,7H2,(H,23,24). The molecule has 0 bridgehead atoms. The molecule has 0 saturated heterocycles. The highest BCUT2D eigenvalue weighted by Gasteiger charge is 2.11. The van der Waals surface area contributed by atoms with E-state index in [0.29, 0.717) is 16.9 Å². The van der Waals surface area contributed by atoms with Crippen LogP contribution in [0.4, 0.5) is 0 Å². The minimum absolute atomic E-state index is 0.0560. The first-order valence-corrected chi connectivity index (χ1v) is 8.21. The highest BCUT2D eigenvalue weighted by atomic mass is 35.5. The maximum absolute atomic E-state index is 12.1. The lowest BCUT2D eigenvalue weighted by Gasteiger charge is -2.08. The van der Waals surface area contributed by atoms with Gasteiger partial charge in [-0.15, -0.1) is 6.42 Å². The van der Waals surface area contributed by atoms with E-state index in [4.69, 9.17) is 38.8 Å². The smallest absolute Gasteiger partial charge is 0.307 e. The monoisotopic (exact) mass is 386 g/mol. The number of halogens is 2. The molecule has 1 amide bonds. The van der Waals surface area contributed by atoms with Crippen LogP contribution < -0.4 is 10.2 Å². The molecule has 0 aliphatic heterocycles. The number of rotatable bonds is 5. The van der Waals surface area contributed by atoms with Crippen molar-refractivity contribution >= 4 is 46.3 Å². The Labute approximate surface area is 159 Å². The molecule has 7 heteroatoms. The quantitative estimate of drug-likeness (QED) is 0.398. The van der Waals surface area contributed by atoms with Crippen molar-refractivity contribution in [3.05, 3.63) is 63.8 Å². The van der Waals surface area contributed by atoms with Gasteiger partial charge in [0.05, 0.1) is 16.3 Å². The summed E-state index contributed by atoms with van der Waals surface area (Å²) in [6.07, 6.45) is 6.55. The molecule has 0 unspecified atom stereocenters. The third-order valence-electron chi connectivity index (χ3n) is 3.35. The predicted molar refractivity (Wildman–Crippen MR) is 102 cm³/mol. The van der Waals surface area contributed by atoms with Gasteiger partial charge in [0, 0.05) is 5.39 Å². The molecular formula is C19H12Cl2N2O3. The average molecular weight is 387 g/mol. The lowest BCUT2D eigenvalue weighted by molar-refractivity contribution is 0.0929. The largest absolute Gasteiger partial charge is 0.478 e. The van der Waals surface area contributed by atoms with Crippen LogP contribution in [-0.4, -0.2) is 18.7 Å². The van der Waals surface area contributed by atoms with E-state index in [9.17, 15) is 4.79 Å².